The average Bonchev–Trinajstić information content (AvgIpc) is 3.29. The minimum Gasteiger partial charge on any atom is -0.352 e. The van der Waals surface area contributed by atoms with Crippen molar-refractivity contribution in [1.29, 1.82) is 0 Å². The first-order valence-corrected chi connectivity index (χ1v) is 11.9. The molecule has 0 unspecified atom stereocenters. The van der Waals surface area contributed by atoms with Crippen LogP contribution < -0.4 is 10.6 Å². The number of benzene rings is 1. The van der Waals surface area contributed by atoms with Crippen LogP contribution in [0.15, 0.2) is 30.5 Å². The summed E-state index contributed by atoms with van der Waals surface area (Å²) >= 11 is 0. The predicted molar refractivity (Wildman–Crippen MR) is 119 cm³/mol. The summed E-state index contributed by atoms with van der Waals surface area (Å²) in [6, 6.07) is 4.49. The van der Waals surface area contributed by atoms with Gasteiger partial charge in [-0.3, -0.25) is 14.5 Å². The molecule has 0 radical (unpaired) electrons. The summed E-state index contributed by atoms with van der Waals surface area (Å²) < 4.78 is 40.9. The number of halogens is 3. The second-order valence-electron chi connectivity index (χ2n) is 9.46. The maximum atomic E-state index is 13.2. The van der Waals surface area contributed by atoms with Crippen molar-refractivity contribution < 1.29 is 27.6 Å². The van der Waals surface area contributed by atoms with Gasteiger partial charge in [-0.05, 0) is 50.3 Å². The van der Waals surface area contributed by atoms with E-state index in [4.69, 9.17) is 0 Å². The molecule has 2 saturated carbocycles. The largest absolute Gasteiger partial charge is 0.416 e. The molecule has 1 aromatic heterocycles. The fourth-order valence-electron chi connectivity index (χ4n) is 5.03. The maximum Gasteiger partial charge on any atom is 0.416 e. The Hall–Kier alpha value is -3.37. The molecule has 186 valence electrons. The SMILES string of the molecule is O=C(NCCCN1C(=O)NC2(CCCC2)C1=O)c1cnn(-c2cccc(C(F)(F)F)c2)c1C1CC1. The third-order valence-electron chi connectivity index (χ3n) is 6.98. The first kappa shape index (κ1) is 23.4. The van der Waals surface area contributed by atoms with Crippen molar-refractivity contribution in [2.75, 3.05) is 13.1 Å². The predicted octanol–water partition coefficient (Wildman–Crippen LogP) is 3.75. The van der Waals surface area contributed by atoms with Gasteiger partial charge >= 0.3 is 12.2 Å². The number of carbonyl (C=O) groups excluding carboxylic acids is 3. The van der Waals surface area contributed by atoms with Gasteiger partial charge in [0.1, 0.15) is 5.54 Å². The van der Waals surface area contributed by atoms with Gasteiger partial charge < -0.3 is 10.6 Å². The maximum absolute atomic E-state index is 13.2. The van der Waals surface area contributed by atoms with Gasteiger partial charge in [0.25, 0.3) is 11.8 Å². The summed E-state index contributed by atoms with van der Waals surface area (Å²) in [6.45, 7) is 0.438. The van der Waals surface area contributed by atoms with Crippen LogP contribution in [0.5, 0.6) is 0 Å². The normalized spacial score (nSPS) is 19.5. The minimum absolute atomic E-state index is 0.0568. The number of hydrogen-bond donors (Lipinski definition) is 2. The summed E-state index contributed by atoms with van der Waals surface area (Å²) in [5, 5.41) is 9.85. The number of amides is 4. The zero-order valence-electron chi connectivity index (χ0n) is 19.0. The van der Waals surface area contributed by atoms with Crippen molar-refractivity contribution in [3.05, 3.63) is 47.3 Å². The molecule has 2 N–H and O–H groups in total. The van der Waals surface area contributed by atoms with Crippen LogP contribution in [0.3, 0.4) is 0 Å². The van der Waals surface area contributed by atoms with Crippen LogP contribution in [0.2, 0.25) is 0 Å². The molecule has 8 nitrogen and oxygen atoms in total. The van der Waals surface area contributed by atoms with Gasteiger partial charge in [0.15, 0.2) is 0 Å². The highest BCUT2D eigenvalue weighted by atomic mass is 19.4. The van der Waals surface area contributed by atoms with Gasteiger partial charge in [-0.15, -0.1) is 0 Å². The number of nitrogens with zero attached hydrogens (tertiary/aromatic N) is 3. The van der Waals surface area contributed by atoms with Crippen molar-refractivity contribution in [1.82, 2.24) is 25.3 Å². The van der Waals surface area contributed by atoms with Gasteiger partial charge in [-0.2, -0.15) is 18.3 Å². The Morgan fingerprint density at radius 1 is 1.20 bits per heavy atom. The lowest BCUT2D eigenvalue weighted by molar-refractivity contribution is -0.137. The van der Waals surface area contributed by atoms with Crippen molar-refractivity contribution in [2.45, 2.75) is 62.6 Å². The third-order valence-corrected chi connectivity index (χ3v) is 6.98. The molecule has 3 aliphatic rings. The van der Waals surface area contributed by atoms with E-state index >= 15 is 0 Å². The number of carbonyl (C=O) groups is 3. The monoisotopic (exact) mass is 489 g/mol. The molecule has 0 bridgehead atoms. The van der Waals surface area contributed by atoms with Crippen LogP contribution in [0.1, 0.15) is 72.5 Å². The van der Waals surface area contributed by atoms with Gasteiger partial charge in [0.05, 0.1) is 28.7 Å². The standard InChI is InChI=1S/C24H26F3N5O3/c25-24(26,27)16-5-3-6-17(13-16)32-19(15-7-8-15)18(14-29-32)20(33)28-11-4-12-31-21(34)23(30-22(31)35)9-1-2-10-23/h3,5-6,13-15H,1-2,4,7-12H2,(H,28,33)(H,30,35). The molecule has 2 aromatic rings. The van der Waals surface area contributed by atoms with Crippen LogP contribution in [-0.4, -0.2) is 51.2 Å². The van der Waals surface area contributed by atoms with E-state index in [1.54, 1.807) is 0 Å². The van der Waals surface area contributed by atoms with E-state index in [-0.39, 0.29) is 42.5 Å². The summed E-state index contributed by atoms with van der Waals surface area (Å²) in [7, 11) is 0. The number of aromatic nitrogens is 2. The van der Waals surface area contributed by atoms with Crippen molar-refractivity contribution in [3.8, 4) is 5.69 Å². The quantitative estimate of drug-likeness (QED) is 0.457. The van der Waals surface area contributed by atoms with Crippen LogP contribution >= 0.6 is 0 Å². The number of urea groups is 1. The highest BCUT2D eigenvalue weighted by molar-refractivity contribution is 6.07. The number of hydrogen-bond acceptors (Lipinski definition) is 4. The van der Waals surface area contributed by atoms with Crippen molar-refractivity contribution in [3.63, 3.8) is 0 Å². The topological polar surface area (TPSA) is 96.3 Å². The van der Waals surface area contributed by atoms with E-state index in [1.807, 2.05) is 0 Å². The van der Waals surface area contributed by atoms with E-state index in [2.05, 4.69) is 15.7 Å². The molecule has 0 atom stereocenters. The number of alkyl halides is 3. The van der Waals surface area contributed by atoms with E-state index < -0.39 is 17.3 Å². The minimum atomic E-state index is -4.48. The van der Waals surface area contributed by atoms with Crippen LogP contribution in [0, 0.1) is 0 Å². The zero-order chi connectivity index (χ0) is 24.8. The highest BCUT2D eigenvalue weighted by Crippen LogP contribution is 2.43. The van der Waals surface area contributed by atoms with Crippen molar-refractivity contribution in [2.24, 2.45) is 0 Å². The average molecular weight is 489 g/mol. The second kappa shape index (κ2) is 8.69. The van der Waals surface area contributed by atoms with E-state index in [9.17, 15) is 27.6 Å². The lowest BCUT2D eigenvalue weighted by Gasteiger charge is -2.20. The van der Waals surface area contributed by atoms with Gasteiger partial charge in [-0.1, -0.05) is 18.9 Å². The molecular formula is C24H26F3N5O3. The van der Waals surface area contributed by atoms with E-state index in [0.717, 1.165) is 37.8 Å². The summed E-state index contributed by atoms with van der Waals surface area (Å²) in [5.74, 6) is -0.513. The molecule has 1 spiro atoms. The fraction of sp³-hybridized carbons (Fsp3) is 0.500. The Morgan fingerprint density at radius 3 is 2.63 bits per heavy atom. The molecule has 1 aromatic carbocycles. The smallest absolute Gasteiger partial charge is 0.352 e. The second-order valence-corrected chi connectivity index (χ2v) is 9.46. The first-order chi connectivity index (χ1) is 16.7. The molecule has 5 rings (SSSR count). The summed E-state index contributed by atoms with van der Waals surface area (Å²) in [6.07, 6.45) is 2.09. The lowest BCUT2D eigenvalue weighted by atomic mass is 9.98. The molecule has 1 saturated heterocycles. The Kier molecular flexibility index (Phi) is 5.80. The summed E-state index contributed by atoms with van der Waals surface area (Å²) in [5.41, 5.74) is -0.362. The molecule has 1 aliphatic heterocycles. The van der Waals surface area contributed by atoms with Gasteiger partial charge in [0.2, 0.25) is 0 Å². The Labute approximate surface area is 199 Å². The fourth-order valence-corrected chi connectivity index (χ4v) is 5.03. The van der Waals surface area contributed by atoms with Crippen LogP contribution in [0.4, 0.5) is 18.0 Å². The lowest BCUT2D eigenvalue weighted by Crippen LogP contribution is -2.44. The summed E-state index contributed by atoms with van der Waals surface area (Å²) in [4.78, 5) is 39.1. The first-order valence-electron chi connectivity index (χ1n) is 11.9. The Balaban J connectivity index is 1.24. The van der Waals surface area contributed by atoms with Gasteiger partial charge in [-0.25, -0.2) is 9.48 Å². The molecule has 4 amide bonds. The Bertz CT molecular complexity index is 1170. The molecule has 11 heteroatoms. The van der Waals surface area contributed by atoms with Crippen LogP contribution in [0.25, 0.3) is 5.69 Å². The highest BCUT2D eigenvalue weighted by Gasteiger charge is 2.52. The molecule has 2 aliphatic carbocycles. The van der Waals surface area contributed by atoms with E-state index in [0.29, 0.717) is 30.5 Å². The van der Waals surface area contributed by atoms with E-state index in [1.165, 1.54) is 27.9 Å². The Morgan fingerprint density at radius 2 is 1.94 bits per heavy atom. The third kappa shape index (κ3) is 4.39. The number of imide groups is 1. The molecule has 35 heavy (non-hydrogen) atoms. The number of rotatable bonds is 7. The molecular weight excluding hydrogens is 463 g/mol. The number of nitrogens with one attached hydrogen (secondary N) is 2. The molecule has 2 heterocycles. The zero-order valence-corrected chi connectivity index (χ0v) is 19.0. The van der Waals surface area contributed by atoms with Crippen molar-refractivity contribution >= 4 is 17.8 Å². The molecule has 3 fully saturated rings. The van der Waals surface area contributed by atoms with Crippen LogP contribution in [-0.2, 0) is 11.0 Å². The van der Waals surface area contributed by atoms with Gasteiger partial charge in [0, 0.05) is 19.0 Å².